The van der Waals surface area contributed by atoms with Gasteiger partial charge in [-0.05, 0) is 18.4 Å². The van der Waals surface area contributed by atoms with Gasteiger partial charge in [0, 0.05) is 5.56 Å². The summed E-state index contributed by atoms with van der Waals surface area (Å²) in [6.07, 6.45) is -1.43. The Bertz CT molecular complexity index is 414. The molecule has 0 saturated carbocycles. The highest BCUT2D eigenvalue weighted by atomic mass is 19.4. The van der Waals surface area contributed by atoms with Gasteiger partial charge in [0.2, 0.25) is 0 Å². The zero-order chi connectivity index (χ0) is 12.5. The summed E-state index contributed by atoms with van der Waals surface area (Å²) in [5.74, 6) is 0. The second kappa shape index (κ2) is 4.13. The van der Waals surface area contributed by atoms with Gasteiger partial charge < -0.3 is 0 Å². The second-order valence-electron chi connectivity index (χ2n) is 4.17. The van der Waals surface area contributed by atoms with E-state index in [1.807, 2.05) is 0 Å². The zero-order valence-electron chi connectivity index (χ0n) is 9.46. The van der Waals surface area contributed by atoms with E-state index in [4.69, 9.17) is 0 Å². The molecule has 0 aromatic heterocycles. The molecule has 5 heteroatoms. The highest BCUT2D eigenvalue weighted by Gasteiger charge is 2.65. The molecular weight excluding hydrogens is 229 g/mol. The summed E-state index contributed by atoms with van der Waals surface area (Å²) in [7, 11) is 0. The van der Waals surface area contributed by atoms with Gasteiger partial charge in [-0.3, -0.25) is 0 Å². The first-order valence-corrected chi connectivity index (χ1v) is 5.60. The normalized spacial score (nSPS) is 17.2. The average Bonchev–Trinajstić information content (AvgIpc) is 3.07. The highest BCUT2D eigenvalue weighted by Crippen LogP contribution is 2.52. The van der Waals surface area contributed by atoms with Crippen molar-refractivity contribution in [1.82, 2.24) is 0 Å². The van der Waals surface area contributed by atoms with E-state index >= 15 is 0 Å². The number of halogens is 3. The van der Waals surface area contributed by atoms with Gasteiger partial charge in [-0.15, -0.1) is 10.2 Å². The summed E-state index contributed by atoms with van der Waals surface area (Å²) < 4.78 is 38.1. The van der Waals surface area contributed by atoms with Crippen LogP contribution in [0.4, 0.5) is 13.2 Å². The number of aryl methyl sites for hydroxylation is 1. The third-order valence-corrected chi connectivity index (χ3v) is 2.87. The minimum absolute atomic E-state index is 0.102. The van der Waals surface area contributed by atoms with Crippen molar-refractivity contribution in [2.45, 2.75) is 38.0 Å². The van der Waals surface area contributed by atoms with E-state index in [2.05, 4.69) is 17.2 Å². The fraction of sp³-hybridized carbons (Fsp3) is 0.500. The molecule has 0 bridgehead atoms. The topological polar surface area (TPSA) is 24.7 Å². The summed E-state index contributed by atoms with van der Waals surface area (Å²) in [6, 6.07) is 6.39. The summed E-state index contributed by atoms with van der Waals surface area (Å²) >= 11 is 0. The van der Waals surface area contributed by atoms with Crippen molar-refractivity contribution in [3.8, 4) is 0 Å². The molecule has 17 heavy (non-hydrogen) atoms. The lowest BCUT2D eigenvalue weighted by molar-refractivity contribution is -0.166. The molecule has 1 aromatic carbocycles. The van der Waals surface area contributed by atoms with Crippen LogP contribution in [0.15, 0.2) is 34.5 Å². The summed E-state index contributed by atoms with van der Waals surface area (Å²) in [4.78, 5) is 0. The zero-order valence-corrected chi connectivity index (χ0v) is 9.46. The Labute approximate surface area is 97.6 Å². The van der Waals surface area contributed by atoms with E-state index in [9.17, 15) is 13.2 Å². The Morgan fingerprint density at radius 1 is 1.12 bits per heavy atom. The molecule has 0 fully saturated rings. The highest BCUT2D eigenvalue weighted by molar-refractivity contribution is 5.32. The van der Waals surface area contributed by atoms with Crippen LogP contribution in [-0.4, -0.2) is 6.18 Å². The summed E-state index contributed by atoms with van der Waals surface area (Å²) in [5, 5.41) is 6.33. The van der Waals surface area contributed by atoms with Crippen molar-refractivity contribution in [3.63, 3.8) is 0 Å². The molecule has 1 aromatic rings. The summed E-state index contributed by atoms with van der Waals surface area (Å²) in [6.45, 7) is 2.08. The van der Waals surface area contributed by atoms with Crippen molar-refractivity contribution >= 4 is 0 Å². The quantitative estimate of drug-likeness (QED) is 0.755. The molecule has 0 unspecified atom stereocenters. The fourth-order valence-electron chi connectivity index (χ4n) is 1.73. The number of nitrogens with zero attached hydrogens (tertiary/aromatic N) is 2. The largest absolute Gasteiger partial charge is 0.442 e. The summed E-state index contributed by atoms with van der Waals surface area (Å²) in [5.41, 5.74) is -1.13. The van der Waals surface area contributed by atoms with Crippen molar-refractivity contribution in [1.29, 1.82) is 0 Å². The molecule has 2 nitrogen and oxygen atoms in total. The van der Waals surface area contributed by atoms with Crippen molar-refractivity contribution in [2.75, 3.05) is 0 Å². The third-order valence-electron chi connectivity index (χ3n) is 2.87. The average molecular weight is 242 g/mol. The van der Waals surface area contributed by atoms with Crippen molar-refractivity contribution < 1.29 is 13.2 Å². The predicted octanol–water partition coefficient (Wildman–Crippen LogP) is 4.21. The minimum Gasteiger partial charge on any atom is -0.166 e. The molecule has 0 atom stereocenters. The van der Waals surface area contributed by atoms with E-state index in [0.717, 1.165) is 24.8 Å². The van der Waals surface area contributed by atoms with E-state index in [-0.39, 0.29) is 5.56 Å². The van der Waals surface area contributed by atoms with Gasteiger partial charge in [0.1, 0.15) is 0 Å². The Morgan fingerprint density at radius 2 is 1.71 bits per heavy atom. The molecule has 0 radical (unpaired) electrons. The molecule has 0 saturated heterocycles. The first kappa shape index (κ1) is 12.1. The predicted molar refractivity (Wildman–Crippen MR) is 57.6 cm³/mol. The van der Waals surface area contributed by atoms with Crippen LogP contribution < -0.4 is 0 Å². The molecule has 0 amide bonds. The van der Waals surface area contributed by atoms with Gasteiger partial charge in [-0.25, -0.2) is 0 Å². The Hall–Kier alpha value is -1.39. The molecule has 92 valence electrons. The lowest BCUT2D eigenvalue weighted by Crippen LogP contribution is -2.30. The van der Waals surface area contributed by atoms with Gasteiger partial charge in [0.05, 0.1) is 0 Å². The molecule has 0 spiro atoms. The fourth-order valence-corrected chi connectivity index (χ4v) is 1.73. The van der Waals surface area contributed by atoms with Crippen LogP contribution >= 0.6 is 0 Å². The SMILES string of the molecule is CCCCc1ccc(C2(C(F)(F)F)N=N2)cc1. The smallest absolute Gasteiger partial charge is 0.166 e. The maximum Gasteiger partial charge on any atom is 0.442 e. The number of benzene rings is 1. The van der Waals surface area contributed by atoms with Gasteiger partial charge in [-0.2, -0.15) is 13.2 Å². The molecule has 0 N–H and O–H groups in total. The van der Waals surface area contributed by atoms with Gasteiger partial charge in [0.25, 0.3) is 0 Å². The first-order valence-electron chi connectivity index (χ1n) is 5.60. The van der Waals surface area contributed by atoms with Gasteiger partial charge in [-0.1, -0.05) is 37.6 Å². The van der Waals surface area contributed by atoms with Crippen LogP contribution in [-0.2, 0) is 12.1 Å². The lowest BCUT2D eigenvalue weighted by Gasteiger charge is -2.14. The van der Waals surface area contributed by atoms with Crippen molar-refractivity contribution in [2.24, 2.45) is 10.2 Å². The van der Waals surface area contributed by atoms with Crippen LogP contribution in [0.3, 0.4) is 0 Å². The van der Waals surface area contributed by atoms with Gasteiger partial charge in [0.15, 0.2) is 0 Å². The van der Waals surface area contributed by atoms with E-state index in [1.54, 1.807) is 12.1 Å². The number of rotatable bonds is 4. The number of unbranched alkanes of at least 4 members (excludes halogenated alkanes) is 1. The Morgan fingerprint density at radius 3 is 2.12 bits per heavy atom. The van der Waals surface area contributed by atoms with Crippen LogP contribution in [0.1, 0.15) is 30.9 Å². The van der Waals surface area contributed by atoms with E-state index in [0.29, 0.717) is 0 Å². The third kappa shape index (κ3) is 2.18. The molecular formula is C12H13F3N2. The lowest BCUT2D eigenvalue weighted by atomic mass is 9.99. The van der Waals surface area contributed by atoms with E-state index in [1.165, 1.54) is 12.1 Å². The Kier molecular flexibility index (Phi) is 2.93. The standard InChI is InChI=1S/C12H13F3N2/c1-2-3-4-9-5-7-10(8-6-9)11(16-17-11)12(13,14)15/h5-8H,2-4H2,1H3. The molecule has 2 rings (SSSR count). The molecule has 1 aliphatic rings. The molecule has 0 aliphatic carbocycles. The van der Waals surface area contributed by atoms with Crippen LogP contribution in [0.2, 0.25) is 0 Å². The van der Waals surface area contributed by atoms with Gasteiger partial charge >= 0.3 is 11.8 Å². The second-order valence-corrected chi connectivity index (χ2v) is 4.17. The molecule has 1 aliphatic heterocycles. The minimum atomic E-state index is -4.43. The van der Waals surface area contributed by atoms with Crippen molar-refractivity contribution in [3.05, 3.63) is 35.4 Å². The number of alkyl halides is 3. The van der Waals surface area contributed by atoms with E-state index < -0.39 is 11.8 Å². The monoisotopic (exact) mass is 242 g/mol. The van der Waals surface area contributed by atoms with Crippen LogP contribution in [0, 0.1) is 0 Å². The molecule has 1 heterocycles. The Balaban J connectivity index is 2.14. The van der Waals surface area contributed by atoms with Crippen LogP contribution in [0.5, 0.6) is 0 Å². The maximum atomic E-state index is 12.7. The number of hydrogen-bond acceptors (Lipinski definition) is 2. The maximum absolute atomic E-state index is 12.7. The van der Waals surface area contributed by atoms with Crippen LogP contribution in [0.25, 0.3) is 0 Å². The number of hydrogen-bond donors (Lipinski definition) is 0. The first-order chi connectivity index (χ1) is 7.99.